The van der Waals surface area contributed by atoms with Crippen LogP contribution in [-0.2, 0) is 15.0 Å². The summed E-state index contributed by atoms with van der Waals surface area (Å²) in [5, 5.41) is 12.3. The SMILES string of the molecule is CSc1ccc(C(CC(=O)O)NC(=O)[C@@H]2C[C@]23CCOc2ccccc23)cc1. The van der Waals surface area contributed by atoms with Gasteiger partial charge in [0.1, 0.15) is 5.75 Å². The minimum atomic E-state index is -0.929. The highest BCUT2D eigenvalue weighted by molar-refractivity contribution is 7.98. The van der Waals surface area contributed by atoms with Crippen molar-refractivity contribution in [3.63, 3.8) is 0 Å². The minimum absolute atomic E-state index is 0.0723. The number of para-hydroxylation sites is 1. The van der Waals surface area contributed by atoms with Crippen molar-refractivity contribution in [1.82, 2.24) is 5.32 Å². The fraction of sp³-hybridized carbons (Fsp3) is 0.364. The summed E-state index contributed by atoms with van der Waals surface area (Å²) in [7, 11) is 0. The third-order valence-corrected chi connectivity index (χ3v) is 6.58. The van der Waals surface area contributed by atoms with Gasteiger partial charge < -0.3 is 15.2 Å². The van der Waals surface area contributed by atoms with Crippen molar-refractivity contribution in [2.75, 3.05) is 12.9 Å². The smallest absolute Gasteiger partial charge is 0.305 e. The molecule has 1 heterocycles. The Kier molecular flexibility index (Phi) is 5.06. The van der Waals surface area contributed by atoms with E-state index < -0.39 is 12.0 Å². The Balaban J connectivity index is 1.52. The highest BCUT2D eigenvalue weighted by Crippen LogP contribution is 2.60. The van der Waals surface area contributed by atoms with Gasteiger partial charge in [-0.05, 0) is 42.9 Å². The van der Waals surface area contributed by atoms with E-state index in [2.05, 4.69) is 5.32 Å². The first kappa shape index (κ1) is 18.9. The van der Waals surface area contributed by atoms with Crippen molar-refractivity contribution in [2.45, 2.75) is 35.6 Å². The van der Waals surface area contributed by atoms with Gasteiger partial charge in [0.2, 0.25) is 5.91 Å². The molecule has 4 rings (SSSR count). The van der Waals surface area contributed by atoms with E-state index in [0.29, 0.717) is 6.61 Å². The van der Waals surface area contributed by atoms with Crippen molar-refractivity contribution < 1.29 is 19.4 Å². The van der Waals surface area contributed by atoms with Crippen LogP contribution in [0.1, 0.15) is 36.4 Å². The predicted octanol–water partition coefficient (Wildman–Crippen LogP) is 3.78. The molecule has 2 aromatic rings. The van der Waals surface area contributed by atoms with Crippen LogP contribution >= 0.6 is 11.8 Å². The zero-order valence-electron chi connectivity index (χ0n) is 15.7. The van der Waals surface area contributed by atoms with Gasteiger partial charge in [0.25, 0.3) is 0 Å². The molecule has 5 nitrogen and oxygen atoms in total. The molecule has 0 bridgehead atoms. The predicted molar refractivity (Wildman–Crippen MR) is 108 cm³/mol. The van der Waals surface area contributed by atoms with Crippen molar-refractivity contribution in [3.05, 3.63) is 59.7 Å². The molecule has 3 atom stereocenters. The van der Waals surface area contributed by atoms with Gasteiger partial charge in [-0.1, -0.05) is 30.3 Å². The molecule has 1 saturated carbocycles. The molecule has 28 heavy (non-hydrogen) atoms. The molecule has 2 aromatic carbocycles. The zero-order valence-corrected chi connectivity index (χ0v) is 16.5. The Labute approximate surface area is 168 Å². The maximum atomic E-state index is 13.0. The number of rotatable bonds is 6. The molecule has 1 spiro atoms. The van der Waals surface area contributed by atoms with Crippen LogP contribution in [0.15, 0.2) is 53.4 Å². The number of nitrogens with one attached hydrogen (secondary N) is 1. The molecule has 0 radical (unpaired) electrons. The number of carboxylic acids is 1. The molecular formula is C22H23NO4S. The molecule has 1 aliphatic heterocycles. The van der Waals surface area contributed by atoms with E-state index in [-0.39, 0.29) is 23.7 Å². The Morgan fingerprint density at radius 3 is 2.71 bits per heavy atom. The fourth-order valence-corrected chi connectivity index (χ4v) is 4.65. The van der Waals surface area contributed by atoms with Gasteiger partial charge in [-0.2, -0.15) is 0 Å². The Bertz CT molecular complexity index is 898. The minimum Gasteiger partial charge on any atom is -0.493 e. The molecule has 2 aliphatic rings. The molecule has 1 unspecified atom stereocenters. The molecule has 146 valence electrons. The van der Waals surface area contributed by atoms with E-state index in [1.54, 1.807) is 11.8 Å². The number of carboxylic acid groups (broad SMARTS) is 1. The van der Waals surface area contributed by atoms with E-state index in [1.165, 1.54) is 0 Å². The largest absolute Gasteiger partial charge is 0.493 e. The molecule has 2 N–H and O–H groups in total. The lowest BCUT2D eigenvalue weighted by Crippen LogP contribution is -2.34. The lowest BCUT2D eigenvalue weighted by Gasteiger charge is -2.27. The lowest BCUT2D eigenvalue weighted by atomic mass is 9.87. The zero-order chi connectivity index (χ0) is 19.7. The fourth-order valence-electron chi connectivity index (χ4n) is 4.24. The first-order chi connectivity index (χ1) is 13.5. The summed E-state index contributed by atoms with van der Waals surface area (Å²) in [6.45, 7) is 0.607. The van der Waals surface area contributed by atoms with Gasteiger partial charge in [0.15, 0.2) is 0 Å². The van der Waals surface area contributed by atoms with Gasteiger partial charge in [0, 0.05) is 21.8 Å². The quantitative estimate of drug-likeness (QED) is 0.726. The van der Waals surface area contributed by atoms with Crippen LogP contribution in [0.2, 0.25) is 0 Å². The van der Waals surface area contributed by atoms with E-state index >= 15 is 0 Å². The second-order valence-electron chi connectivity index (χ2n) is 7.44. The highest BCUT2D eigenvalue weighted by Gasteiger charge is 2.61. The number of carbonyl (C=O) groups excluding carboxylic acids is 1. The molecule has 6 heteroatoms. The summed E-state index contributed by atoms with van der Waals surface area (Å²) in [6.07, 6.45) is 3.45. The third kappa shape index (κ3) is 3.49. The molecule has 0 saturated heterocycles. The topological polar surface area (TPSA) is 75.6 Å². The Morgan fingerprint density at radius 2 is 2.00 bits per heavy atom. The first-order valence-electron chi connectivity index (χ1n) is 9.42. The van der Waals surface area contributed by atoms with Crippen LogP contribution in [0.5, 0.6) is 5.75 Å². The number of thioether (sulfide) groups is 1. The van der Waals surface area contributed by atoms with Crippen molar-refractivity contribution in [3.8, 4) is 5.75 Å². The van der Waals surface area contributed by atoms with Gasteiger partial charge in [-0.25, -0.2) is 0 Å². The van der Waals surface area contributed by atoms with Crippen molar-refractivity contribution in [2.24, 2.45) is 5.92 Å². The maximum absolute atomic E-state index is 13.0. The molecular weight excluding hydrogens is 374 g/mol. The summed E-state index contributed by atoms with van der Waals surface area (Å²) in [4.78, 5) is 25.5. The van der Waals surface area contributed by atoms with Crippen LogP contribution < -0.4 is 10.1 Å². The van der Waals surface area contributed by atoms with Gasteiger partial charge in [-0.3, -0.25) is 9.59 Å². The summed E-state index contributed by atoms with van der Waals surface area (Å²) >= 11 is 1.62. The number of ether oxygens (including phenoxy) is 1. The van der Waals surface area contributed by atoms with E-state index in [0.717, 1.165) is 34.6 Å². The average molecular weight is 397 g/mol. The number of fused-ring (bicyclic) bond motifs is 2. The second-order valence-corrected chi connectivity index (χ2v) is 8.32. The summed E-state index contributed by atoms with van der Waals surface area (Å²) in [6, 6.07) is 15.1. The summed E-state index contributed by atoms with van der Waals surface area (Å²) in [5.74, 6) is -0.281. The third-order valence-electron chi connectivity index (χ3n) is 5.83. The first-order valence-corrected chi connectivity index (χ1v) is 10.6. The Hall–Kier alpha value is -2.47. The highest BCUT2D eigenvalue weighted by atomic mass is 32.2. The number of hydrogen-bond donors (Lipinski definition) is 2. The average Bonchev–Trinajstić information content (AvgIpc) is 3.42. The van der Waals surface area contributed by atoms with Crippen LogP contribution in [0.25, 0.3) is 0 Å². The monoisotopic (exact) mass is 397 g/mol. The molecule has 1 fully saturated rings. The summed E-state index contributed by atoms with van der Waals surface area (Å²) < 4.78 is 5.74. The number of amides is 1. The standard InChI is InChI=1S/C22H23NO4S/c1-28-15-8-6-14(7-9-15)18(12-20(24)25)23-21(26)17-13-22(17)10-11-27-19-5-3-2-4-16(19)22/h2-9,17-18H,10-13H2,1H3,(H,23,26)(H,24,25)/t17-,18?,22-/m0/s1. The maximum Gasteiger partial charge on any atom is 0.305 e. The van der Waals surface area contributed by atoms with Gasteiger partial charge in [0.05, 0.1) is 19.1 Å². The van der Waals surface area contributed by atoms with E-state index in [1.807, 2.05) is 54.8 Å². The van der Waals surface area contributed by atoms with E-state index in [4.69, 9.17) is 4.74 Å². The van der Waals surface area contributed by atoms with Crippen molar-refractivity contribution >= 4 is 23.6 Å². The van der Waals surface area contributed by atoms with E-state index in [9.17, 15) is 14.7 Å². The molecule has 1 aliphatic carbocycles. The number of aliphatic carboxylic acids is 1. The van der Waals surface area contributed by atoms with Crippen LogP contribution in [-0.4, -0.2) is 29.8 Å². The number of hydrogen-bond acceptors (Lipinski definition) is 4. The lowest BCUT2D eigenvalue weighted by molar-refractivity contribution is -0.137. The normalized spacial score (nSPS) is 23.4. The van der Waals surface area contributed by atoms with Crippen LogP contribution in [0.3, 0.4) is 0 Å². The van der Waals surface area contributed by atoms with Gasteiger partial charge in [-0.15, -0.1) is 11.8 Å². The van der Waals surface area contributed by atoms with Crippen molar-refractivity contribution in [1.29, 1.82) is 0 Å². The molecule has 1 amide bonds. The summed E-state index contributed by atoms with van der Waals surface area (Å²) in [5.41, 5.74) is 1.74. The van der Waals surface area contributed by atoms with Crippen LogP contribution in [0, 0.1) is 5.92 Å². The second kappa shape index (κ2) is 7.51. The van der Waals surface area contributed by atoms with Gasteiger partial charge >= 0.3 is 5.97 Å². The number of benzene rings is 2. The number of carbonyl (C=O) groups is 2. The Morgan fingerprint density at radius 1 is 1.25 bits per heavy atom. The molecule has 0 aromatic heterocycles. The van der Waals surface area contributed by atoms with Crippen LogP contribution in [0.4, 0.5) is 0 Å².